The maximum atomic E-state index is 13.3. The Morgan fingerprint density at radius 3 is 2.36 bits per heavy atom. The number of benzene rings is 1. The summed E-state index contributed by atoms with van der Waals surface area (Å²) in [4.78, 5) is 38.1. The third-order valence-electron chi connectivity index (χ3n) is 6.47. The zero-order valence-electron chi connectivity index (χ0n) is 20.0. The van der Waals surface area contributed by atoms with E-state index in [2.05, 4.69) is 15.0 Å². The summed E-state index contributed by atoms with van der Waals surface area (Å²) >= 11 is 0. The highest BCUT2D eigenvalue weighted by atomic mass is 32.2. The summed E-state index contributed by atoms with van der Waals surface area (Å²) in [6.07, 6.45) is 3.02. The van der Waals surface area contributed by atoms with Crippen molar-refractivity contribution in [2.45, 2.75) is 4.90 Å². The van der Waals surface area contributed by atoms with Crippen molar-refractivity contribution in [3.05, 3.63) is 63.7 Å². The Balaban J connectivity index is 1.36. The molecule has 0 saturated carbocycles. The second-order valence-electron chi connectivity index (χ2n) is 8.48. The molecule has 1 fully saturated rings. The first kappa shape index (κ1) is 23.8. The topological polar surface area (TPSA) is 135 Å². The molecule has 5 rings (SSSR count). The third kappa shape index (κ3) is 3.85. The van der Waals surface area contributed by atoms with Gasteiger partial charge in [-0.05, 0) is 23.8 Å². The van der Waals surface area contributed by atoms with Crippen molar-refractivity contribution >= 4 is 26.9 Å². The van der Waals surface area contributed by atoms with Crippen LogP contribution < -0.4 is 20.9 Å². The van der Waals surface area contributed by atoms with Crippen molar-refractivity contribution < 1.29 is 13.2 Å². The number of nitrogens with one attached hydrogen (secondary N) is 1. The summed E-state index contributed by atoms with van der Waals surface area (Å²) in [5.74, 6) is 1.18. The van der Waals surface area contributed by atoms with Crippen molar-refractivity contribution in [2.75, 3.05) is 38.2 Å². The largest absolute Gasteiger partial charge is 0.491 e. The molecule has 0 spiro atoms. The number of piperazine rings is 1. The second-order valence-corrected chi connectivity index (χ2v) is 10.4. The number of hydrogen-bond acceptors (Lipinski definition) is 8. The van der Waals surface area contributed by atoms with Crippen molar-refractivity contribution in [3.8, 4) is 17.0 Å². The molecule has 0 bridgehead atoms. The van der Waals surface area contributed by atoms with Crippen LogP contribution >= 0.6 is 0 Å². The number of ether oxygens (including phenoxy) is 1. The lowest BCUT2D eigenvalue weighted by molar-refractivity contribution is 0.375. The Kier molecular flexibility index (Phi) is 5.88. The Morgan fingerprint density at radius 1 is 1.00 bits per heavy atom. The Morgan fingerprint density at radius 2 is 1.69 bits per heavy atom. The lowest BCUT2D eigenvalue weighted by Gasteiger charge is -2.35. The molecule has 0 aliphatic carbocycles. The van der Waals surface area contributed by atoms with Crippen molar-refractivity contribution in [2.24, 2.45) is 14.1 Å². The van der Waals surface area contributed by atoms with Crippen LogP contribution in [0.4, 0.5) is 5.82 Å². The van der Waals surface area contributed by atoms with E-state index in [9.17, 15) is 18.0 Å². The van der Waals surface area contributed by atoms with E-state index in [4.69, 9.17) is 4.74 Å². The minimum atomic E-state index is -3.70. The maximum absolute atomic E-state index is 13.3. The third-order valence-corrected chi connectivity index (χ3v) is 8.38. The first-order chi connectivity index (χ1) is 17.2. The number of aromatic amines is 1. The molecule has 188 valence electrons. The van der Waals surface area contributed by atoms with Crippen LogP contribution in [0.25, 0.3) is 22.3 Å². The fourth-order valence-electron chi connectivity index (χ4n) is 4.40. The molecule has 0 unspecified atom stereocenters. The van der Waals surface area contributed by atoms with Crippen LogP contribution in [0.2, 0.25) is 0 Å². The monoisotopic (exact) mass is 511 g/mol. The van der Waals surface area contributed by atoms with E-state index in [1.807, 2.05) is 4.90 Å². The van der Waals surface area contributed by atoms with Crippen LogP contribution in [0.1, 0.15) is 0 Å². The predicted octanol–water partition coefficient (Wildman–Crippen LogP) is 0.542. The number of anilines is 1. The summed E-state index contributed by atoms with van der Waals surface area (Å²) in [5.41, 5.74) is 1.26. The van der Waals surface area contributed by atoms with Gasteiger partial charge in [-0.25, -0.2) is 23.2 Å². The standard InChI is InChI=1S/C23H25N7O5S/c1-27-18-12-17(26-20(18)22(31)28(2)23(27)32)15-4-6-16(7-5-15)36(33,34)30-10-8-29(9-11-30)21-19(35-3)13-24-14-25-21/h4-7,12-14,26H,8-11H2,1-3H3. The van der Waals surface area contributed by atoms with Gasteiger partial charge in [0.2, 0.25) is 10.0 Å². The maximum Gasteiger partial charge on any atom is 0.331 e. The smallest absolute Gasteiger partial charge is 0.331 e. The summed E-state index contributed by atoms with van der Waals surface area (Å²) in [5, 5.41) is 0. The lowest BCUT2D eigenvalue weighted by atomic mass is 10.1. The first-order valence-electron chi connectivity index (χ1n) is 11.2. The Labute approximate surface area is 206 Å². The number of aromatic nitrogens is 5. The average Bonchev–Trinajstić information content (AvgIpc) is 3.37. The van der Waals surface area contributed by atoms with E-state index >= 15 is 0 Å². The van der Waals surface area contributed by atoms with Gasteiger partial charge in [-0.3, -0.25) is 13.9 Å². The van der Waals surface area contributed by atoms with Gasteiger partial charge in [0.15, 0.2) is 11.6 Å². The highest BCUT2D eigenvalue weighted by Crippen LogP contribution is 2.28. The van der Waals surface area contributed by atoms with Gasteiger partial charge < -0.3 is 14.6 Å². The molecule has 0 radical (unpaired) electrons. The van der Waals surface area contributed by atoms with Crippen molar-refractivity contribution in [1.29, 1.82) is 0 Å². The summed E-state index contributed by atoms with van der Waals surface area (Å²) in [6, 6.07) is 8.17. The minimum Gasteiger partial charge on any atom is -0.491 e. The number of methoxy groups -OCH3 is 1. The van der Waals surface area contributed by atoms with Crippen LogP contribution in [0.3, 0.4) is 0 Å². The minimum absolute atomic E-state index is 0.179. The van der Waals surface area contributed by atoms with Crippen LogP contribution in [-0.2, 0) is 24.1 Å². The van der Waals surface area contributed by atoms with Gasteiger partial charge in [-0.15, -0.1) is 0 Å². The predicted molar refractivity (Wildman–Crippen MR) is 134 cm³/mol. The molecule has 1 saturated heterocycles. The van der Waals surface area contributed by atoms with Crippen LogP contribution in [-0.4, -0.2) is 70.1 Å². The van der Waals surface area contributed by atoms with Gasteiger partial charge in [0.05, 0.1) is 23.7 Å². The van der Waals surface area contributed by atoms with Gasteiger partial charge in [0.25, 0.3) is 5.56 Å². The molecule has 4 heterocycles. The number of sulfonamides is 1. The van der Waals surface area contributed by atoms with Crippen molar-refractivity contribution in [1.82, 2.24) is 28.4 Å². The van der Waals surface area contributed by atoms with E-state index in [0.717, 1.165) is 4.57 Å². The molecule has 13 heteroatoms. The van der Waals surface area contributed by atoms with E-state index in [0.29, 0.717) is 60.0 Å². The fraction of sp³-hybridized carbons (Fsp3) is 0.304. The molecule has 1 aliphatic heterocycles. The zero-order chi connectivity index (χ0) is 25.6. The Bertz CT molecular complexity index is 1660. The molecule has 0 amide bonds. The lowest BCUT2D eigenvalue weighted by Crippen LogP contribution is -2.49. The number of nitrogens with zero attached hydrogens (tertiary/aromatic N) is 6. The van der Waals surface area contributed by atoms with E-state index in [-0.39, 0.29) is 4.90 Å². The normalized spacial score (nSPS) is 14.9. The second kappa shape index (κ2) is 8.91. The zero-order valence-corrected chi connectivity index (χ0v) is 20.8. The van der Waals surface area contributed by atoms with Gasteiger partial charge in [-0.2, -0.15) is 4.31 Å². The highest BCUT2D eigenvalue weighted by molar-refractivity contribution is 7.89. The number of fused-ring (bicyclic) bond motifs is 1. The van der Waals surface area contributed by atoms with Gasteiger partial charge in [0.1, 0.15) is 11.8 Å². The highest BCUT2D eigenvalue weighted by Gasteiger charge is 2.30. The molecular formula is C23H25N7O5S. The number of rotatable bonds is 5. The molecule has 3 aromatic heterocycles. The van der Waals surface area contributed by atoms with Crippen LogP contribution in [0, 0.1) is 0 Å². The average molecular weight is 512 g/mol. The first-order valence-corrected chi connectivity index (χ1v) is 12.6. The molecule has 1 N–H and O–H groups in total. The number of hydrogen-bond donors (Lipinski definition) is 1. The summed E-state index contributed by atoms with van der Waals surface area (Å²) in [7, 11) is 0.867. The molecule has 1 aliphatic rings. The Hall–Kier alpha value is -3.97. The SMILES string of the molecule is COc1cncnc1N1CCN(S(=O)(=O)c2ccc(-c3cc4c([nH]3)c(=O)n(C)c(=O)n4C)cc2)CC1. The summed E-state index contributed by atoms with van der Waals surface area (Å²) in [6.45, 7) is 1.54. The summed E-state index contributed by atoms with van der Waals surface area (Å²) < 4.78 is 35.8. The van der Waals surface area contributed by atoms with Crippen molar-refractivity contribution in [3.63, 3.8) is 0 Å². The molecule has 0 atom stereocenters. The fourth-order valence-corrected chi connectivity index (χ4v) is 5.82. The molecule has 1 aromatic carbocycles. The van der Waals surface area contributed by atoms with E-state index < -0.39 is 21.3 Å². The van der Waals surface area contributed by atoms with Gasteiger partial charge >= 0.3 is 5.69 Å². The number of H-pyrrole nitrogens is 1. The molecule has 12 nitrogen and oxygen atoms in total. The van der Waals surface area contributed by atoms with E-state index in [1.54, 1.807) is 50.7 Å². The quantitative estimate of drug-likeness (QED) is 0.410. The molecular weight excluding hydrogens is 486 g/mol. The van der Waals surface area contributed by atoms with E-state index in [1.165, 1.54) is 22.2 Å². The van der Waals surface area contributed by atoms with Crippen LogP contribution in [0.15, 0.2) is 57.3 Å². The molecule has 36 heavy (non-hydrogen) atoms. The molecule has 4 aromatic rings. The number of aryl methyl sites for hydroxylation is 1. The van der Waals surface area contributed by atoms with Gasteiger partial charge in [0, 0.05) is 46.0 Å². The van der Waals surface area contributed by atoms with Gasteiger partial charge in [-0.1, -0.05) is 12.1 Å². The van der Waals surface area contributed by atoms with Crippen LogP contribution in [0.5, 0.6) is 5.75 Å².